The highest BCUT2D eigenvalue weighted by Crippen LogP contribution is 2.36. The van der Waals surface area contributed by atoms with Gasteiger partial charge in [0.15, 0.2) is 5.84 Å². The Balaban J connectivity index is 1.45. The Labute approximate surface area is 205 Å². The highest BCUT2D eigenvalue weighted by molar-refractivity contribution is 6.01. The van der Waals surface area contributed by atoms with E-state index in [9.17, 15) is 18.0 Å². The zero-order valence-corrected chi connectivity index (χ0v) is 19.6. The Morgan fingerprint density at radius 1 is 1.25 bits per heavy atom. The number of amidine groups is 1. The number of carbonyl (C=O) groups excluding carboxylic acids is 1. The fourth-order valence-electron chi connectivity index (χ4n) is 4.46. The fraction of sp³-hybridized carbons (Fsp3) is 0.375. The SMILES string of the molecule is C=NC(=N/C(=C\C)N1CCN(C(=O)C2CC2)C(c2cn[nH]c2)C1)c1cnc2ccc(C(F)(F)F)cn12. The maximum absolute atomic E-state index is 13.3. The highest BCUT2D eigenvalue weighted by Gasteiger charge is 2.40. The van der Waals surface area contributed by atoms with Gasteiger partial charge in [0.2, 0.25) is 5.91 Å². The summed E-state index contributed by atoms with van der Waals surface area (Å²) in [5.74, 6) is 0.974. The molecule has 1 atom stereocenters. The van der Waals surface area contributed by atoms with Crippen LogP contribution in [0, 0.1) is 5.92 Å². The van der Waals surface area contributed by atoms with Crippen LogP contribution >= 0.6 is 0 Å². The fourth-order valence-corrected chi connectivity index (χ4v) is 4.46. The van der Waals surface area contributed by atoms with Crippen LogP contribution in [0.1, 0.15) is 42.6 Å². The monoisotopic (exact) mass is 498 g/mol. The summed E-state index contributed by atoms with van der Waals surface area (Å²) in [5.41, 5.74) is 0.725. The molecule has 5 rings (SSSR count). The van der Waals surface area contributed by atoms with Crippen LogP contribution in [0.2, 0.25) is 0 Å². The van der Waals surface area contributed by atoms with Crippen molar-refractivity contribution >= 4 is 24.1 Å². The van der Waals surface area contributed by atoms with Gasteiger partial charge in [0.25, 0.3) is 0 Å². The number of H-pyrrole nitrogens is 1. The van der Waals surface area contributed by atoms with Crippen molar-refractivity contribution in [2.75, 3.05) is 19.6 Å². The first-order valence-corrected chi connectivity index (χ1v) is 11.6. The molecule has 12 heteroatoms. The molecule has 0 spiro atoms. The second-order valence-electron chi connectivity index (χ2n) is 8.83. The summed E-state index contributed by atoms with van der Waals surface area (Å²) in [7, 11) is 0. The molecule has 0 bridgehead atoms. The Kier molecular flexibility index (Phi) is 6.10. The zero-order valence-electron chi connectivity index (χ0n) is 19.6. The van der Waals surface area contributed by atoms with Crippen molar-refractivity contribution in [3.8, 4) is 0 Å². The van der Waals surface area contributed by atoms with Crippen LogP contribution < -0.4 is 0 Å². The summed E-state index contributed by atoms with van der Waals surface area (Å²) in [6.45, 7) is 6.96. The van der Waals surface area contributed by atoms with Gasteiger partial charge in [-0.3, -0.25) is 14.3 Å². The van der Waals surface area contributed by atoms with Crippen LogP contribution in [0.3, 0.4) is 0 Å². The Hall–Kier alpha value is -3.96. The normalized spacial score (nSPS) is 19.7. The second kappa shape index (κ2) is 9.25. The van der Waals surface area contributed by atoms with E-state index < -0.39 is 11.7 Å². The number of halogens is 3. The zero-order chi connectivity index (χ0) is 25.4. The van der Waals surface area contributed by atoms with Gasteiger partial charge in [0.05, 0.1) is 24.0 Å². The molecule has 9 nitrogen and oxygen atoms in total. The van der Waals surface area contributed by atoms with E-state index in [1.165, 1.54) is 16.7 Å². The number of aliphatic imine (C=N–C) groups is 2. The number of pyridine rings is 1. The van der Waals surface area contributed by atoms with Crippen LogP contribution in [-0.4, -0.2) is 67.5 Å². The number of imidazole rings is 1. The van der Waals surface area contributed by atoms with Gasteiger partial charge in [-0.2, -0.15) is 18.3 Å². The van der Waals surface area contributed by atoms with Crippen molar-refractivity contribution in [1.82, 2.24) is 29.4 Å². The third-order valence-corrected chi connectivity index (χ3v) is 6.51. The number of carbonyl (C=O) groups is 1. The first-order valence-electron chi connectivity index (χ1n) is 11.6. The van der Waals surface area contributed by atoms with E-state index in [4.69, 9.17) is 0 Å². The molecule has 1 N–H and O–H groups in total. The number of hydrogen-bond acceptors (Lipinski definition) is 5. The molecule has 188 valence electrons. The number of aromatic amines is 1. The van der Waals surface area contributed by atoms with Gasteiger partial charge < -0.3 is 9.80 Å². The van der Waals surface area contributed by atoms with Crippen LogP contribution in [0.25, 0.3) is 5.65 Å². The van der Waals surface area contributed by atoms with Gasteiger partial charge >= 0.3 is 6.18 Å². The molecular formula is C24H25F3N8O. The average Bonchev–Trinajstić information content (AvgIpc) is 3.41. The van der Waals surface area contributed by atoms with Gasteiger partial charge in [-0.1, -0.05) is 0 Å². The first-order chi connectivity index (χ1) is 17.3. The van der Waals surface area contributed by atoms with Gasteiger partial charge in [-0.15, -0.1) is 0 Å². The predicted molar refractivity (Wildman–Crippen MR) is 127 cm³/mol. The summed E-state index contributed by atoms with van der Waals surface area (Å²) in [6, 6.07) is 2.08. The Morgan fingerprint density at radius 3 is 2.69 bits per heavy atom. The van der Waals surface area contributed by atoms with Crippen molar-refractivity contribution in [1.29, 1.82) is 0 Å². The topological polar surface area (TPSA) is 94.2 Å². The summed E-state index contributed by atoms with van der Waals surface area (Å²) in [5, 5.41) is 6.87. The van der Waals surface area contributed by atoms with E-state index in [1.807, 2.05) is 16.7 Å². The van der Waals surface area contributed by atoms with Gasteiger partial charge in [0.1, 0.15) is 17.2 Å². The molecule has 36 heavy (non-hydrogen) atoms. The van der Waals surface area contributed by atoms with E-state index in [-0.39, 0.29) is 23.7 Å². The second-order valence-corrected chi connectivity index (χ2v) is 8.83. The molecule has 1 saturated carbocycles. The largest absolute Gasteiger partial charge is 0.417 e. The van der Waals surface area contributed by atoms with E-state index >= 15 is 0 Å². The average molecular weight is 499 g/mol. The van der Waals surface area contributed by atoms with E-state index in [0.29, 0.717) is 36.8 Å². The van der Waals surface area contributed by atoms with Gasteiger partial charge in [-0.25, -0.2) is 15.0 Å². The van der Waals surface area contributed by atoms with Crippen LogP contribution in [0.4, 0.5) is 13.2 Å². The molecule has 2 aliphatic rings. The molecule has 3 aromatic heterocycles. The summed E-state index contributed by atoms with van der Waals surface area (Å²) in [6.07, 6.45) is 5.06. The van der Waals surface area contributed by atoms with E-state index in [1.54, 1.807) is 18.5 Å². The molecule has 1 aliphatic heterocycles. The third kappa shape index (κ3) is 4.50. The molecule has 3 aromatic rings. The maximum Gasteiger partial charge on any atom is 0.417 e. The highest BCUT2D eigenvalue weighted by atomic mass is 19.4. The molecule has 1 saturated heterocycles. The lowest BCUT2D eigenvalue weighted by atomic mass is 10.0. The minimum absolute atomic E-state index is 0.0958. The number of nitrogens with zero attached hydrogens (tertiary/aromatic N) is 7. The molecule has 0 radical (unpaired) electrons. The Morgan fingerprint density at radius 2 is 2.06 bits per heavy atom. The lowest BCUT2D eigenvalue weighted by Crippen LogP contribution is -2.50. The number of piperazine rings is 1. The number of allylic oxidation sites excluding steroid dienone is 1. The standard InChI is InChI=1S/C24H25F3N8O/c1-3-20(32-22(28-2)18-12-29-21-7-6-17(13-35(18)21)24(25,26)27)33-8-9-34(23(36)15-4-5-15)19(14-33)16-10-30-31-11-16/h3,6-7,10-13,15,19H,2,4-5,8-9,14H2,1H3,(H,30,31)/b20-3+,32-22?. The minimum atomic E-state index is -4.50. The molecule has 1 unspecified atom stereocenters. The van der Waals surface area contributed by atoms with Gasteiger partial charge in [-0.05, 0) is 44.7 Å². The minimum Gasteiger partial charge on any atom is -0.353 e. The van der Waals surface area contributed by atoms with Crippen molar-refractivity contribution in [3.05, 3.63) is 65.6 Å². The summed E-state index contributed by atoms with van der Waals surface area (Å²) >= 11 is 0. The van der Waals surface area contributed by atoms with E-state index in [2.05, 4.69) is 31.9 Å². The molecule has 1 amide bonds. The number of nitrogens with one attached hydrogen (secondary N) is 1. The van der Waals surface area contributed by atoms with Gasteiger partial charge in [0, 0.05) is 43.5 Å². The third-order valence-electron chi connectivity index (χ3n) is 6.51. The molecular weight excluding hydrogens is 473 g/mol. The lowest BCUT2D eigenvalue weighted by Gasteiger charge is -2.42. The number of aromatic nitrogens is 4. The number of rotatable bonds is 5. The number of alkyl halides is 3. The van der Waals surface area contributed by atoms with Crippen LogP contribution in [0.5, 0.6) is 0 Å². The van der Waals surface area contributed by atoms with Crippen LogP contribution in [0.15, 0.2) is 58.8 Å². The summed E-state index contributed by atoms with van der Waals surface area (Å²) in [4.78, 5) is 29.7. The quantitative estimate of drug-likeness (QED) is 0.429. The van der Waals surface area contributed by atoms with Crippen LogP contribution in [-0.2, 0) is 11.0 Å². The van der Waals surface area contributed by atoms with Crippen molar-refractivity contribution in [2.45, 2.75) is 32.0 Å². The smallest absolute Gasteiger partial charge is 0.353 e. The molecule has 1 aliphatic carbocycles. The number of amides is 1. The van der Waals surface area contributed by atoms with Crippen molar-refractivity contribution < 1.29 is 18.0 Å². The summed E-state index contributed by atoms with van der Waals surface area (Å²) < 4.78 is 41.2. The first kappa shape index (κ1) is 23.8. The molecule has 4 heterocycles. The van der Waals surface area contributed by atoms with E-state index in [0.717, 1.165) is 30.7 Å². The molecule has 0 aromatic carbocycles. The maximum atomic E-state index is 13.3. The Bertz CT molecular complexity index is 1340. The van der Waals surface area contributed by atoms with Crippen molar-refractivity contribution in [2.24, 2.45) is 15.9 Å². The number of fused-ring (bicyclic) bond motifs is 1. The van der Waals surface area contributed by atoms with Crippen molar-refractivity contribution in [3.63, 3.8) is 0 Å². The lowest BCUT2D eigenvalue weighted by molar-refractivity contribution is -0.138. The number of hydrogen-bond donors (Lipinski definition) is 1. The predicted octanol–water partition coefficient (Wildman–Crippen LogP) is 3.68. The molecule has 2 fully saturated rings.